The van der Waals surface area contributed by atoms with Crippen molar-refractivity contribution in [1.82, 2.24) is 5.32 Å². The van der Waals surface area contributed by atoms with E-state index in [4.69, 9.17) is 22.1 Å². The molecule has 0 saturated heterocycles. The second kappa shape index (κ2) is 8.56. The van der Waals surface area contributed by atoms with Crippen LogP contribution in [0.3, 0.4) is 0 Å². The summed E-state index contributed by atoms with van der Waals surface area (Å²) in [5.41, 5.74) is 5.22. The van der Waals surface area contributed by atoms with Crippen molar-refractivity contribution in [2.75, 3.05) is 6.54 Å². The van der Waals surface area contributed by atoms with Gasteiger partial charge in [0.05, 0.1) is 10.6 Å². The zero-order valence-corrected chi connectivity index (χ0v) is 14.7. The first kappa shape index (κ1) is 21.0. The third-order valence-corrected chi connectivity index (χ3v) is 3.97. The van der Waals surface area contributed by atoms with Crippen LogP contribution in [0.15, 0.2) is 18.2 Å². The van der Waals surface area contributed by atoms with E-state index in [0.29, 0.717) is 6.54 Å². The molecule has 0 heterocycles. The van der Waals surface area contributed by atoms with E-state index in [1.54, 1.807) is 6.92 Å². The van der Waals surface area contributed by atoms with Crippen molar-refractivity contribution in [3.05, 3.63) is 29.0 Å². The van der Waals surface area contributed by atoms with Gasteiger partial charge in [0.2, 0.25) is 0 Å². The summed E-state index contributed by atoms with van der Waals surface area (Å²) in [6, 6.07) is 3.76. The van der Waals surface area contributed by atoms with Gasteiger partial charge in [0.25, 0.3) is 5.91 Å². The van der Waals surface area contributed by atoms with E-state index in [-0.39, 0.29) is 35.0 Å². The van der Waals surface area contributed by atoms with Crippen LogP contribution in [0.2, 0.25) is 5.02 Å². The molecular formula is C15H23Cl2FN2O2. The summed E-state index contributed by atoms with van der Waals surface area (Å²) in [7, 11) is 0. The minimum Gasteiger partial charge on any atom is -0.479 e. The molecule has 2 atom stereocenters. The first-order valence-electron chi connectivity index (χ1n) is 6.83. The zero-order chi connectivity index (χ0) is 16.2. The molecule has 1 amide bonds. The Kier molecular flexibility index (Phi) is 8.15. The van der Waals surface area contributed by atoms with Gasteiger partial charge in [-0.25, -0.2) is 4.39 Å². The van der Waals surface area contributed by atoms with E-state index in [2.05, 4.69) is 5.32 Å². The molecule has 1 aromatic carbocycles. The summed E-state index contributed by atoms with van der Waals surface area (Å²) in [4.78, 5) is 12.2. The highest BCUT2D eigenvalue weighted by Crippen LogP contribution is 2.26. The molecule has 0 bridgehead atoms. The molecule has 3 N–H and O–H groups in total. The van der Waals surface area contributed by atoms with Crippen LogP contribution in [-0.2, 0) is 4.79 Å². The molecule has 1 aromatic rings. The highest BCUT2D eigenvalue weighted by atomic mass is 35.5. The summed E-state index contributed by atoms with van der Waals surface area (Å²) in [5.74, 6) is -0.315. The fourth-order valence-electron chi connectivity index (χ4n) is 1.63. The van der Waals surface area contributed by atoms with E-state index in [9.17, 15) is 9.18 Å². The molecule has 4 nitrogen and oxygen atoms in total. The third-order valence-electron chi connectivity index (χ3n) is 3.67. The van der Waals surface area contributed by atoms with Gasteiger partial charge in [-0.1, -0.05) is 25.4 Å². The second-order valence-corrected chi connectivity index (χ2v) is 6.01. The van der Waals surface area contributed by atoms with Crippen LogP contribution in [0.25, 0.3) is 0 Å². The normalized spacial score (nSPS) is 14.7. The van der Waals surface area contributed by atoms with Gasteiger partial charge in [0.1, 0.15) is 11.6 Å². The number of carbonyl (C=O) groups excluding carboxylic acids is 1. The van der Waals surface area contributed by atoms with E-state index in [0.717, 1.165) is 6.07 Å². The molecule has 22 heavy (non-hydrogen) atoms. The van der Waals surface area contributed by atoms with Crippen molar-refractivity contribution < 1.29 is 13.9 Å². The lowest BCUT2D eigenvalue weighted by molar-refractivity contribution is -0.129. The minimum absolute atomic E-state index is 0. The smallest absolute Gasteiger partial charge is 0.261 e. The quantitative estimate of drug-likeness (QED) is 0.826. The number of ether oxygens (including phenoxy) is 1. The van der Waals surface area contributed by atoms with Crippen molar-refractivity contribution in [2.45, 2.75) is 39.3 Å². The summed E-state index contributed by atoms with van der Waals surface area (Å²) in [6.45, 7) is 7.77. The molecule has 0 aliphatic rings. The Morgan fingerprint density at radius 1 is 1.45 bits per heavy atom. The molecule has 0 aliphatic carbocycles. The lowest BCUT2D eigenvalue weighted by Gasteiger charge is -2.34. The Labute approximate surface area is 142 Å². The average molecular weight is 353 g/mol. The Hall–Kier alpha value is -1.04. The fraction of sp³-hybridized carbons (Fsp3) is 0.533. The summed E-state index contributed by atoms with van der Waals surface area (Å²) >= 11 is 5.87. The molecule has 0 radical (unpaired) electrons. The van der Waals surface area contributed by atoms with Crippen LogP contribution in [-0.4, -0.2) is 24.1 Å². The van der Waals surface area contributed by atoms with Gasteiger partial charge in [-0.2, -0.15) is 0 Å². The van der Waals surface area contributed by atoms with Crippen LogP contribution in [0.5, 0.6) is 5.75 Å². The summed E-state index contributed by atoms with van der Waals surface area (Å²) in [6.07, 6.45) is -0.766. The molecule has 7 heteroatoms. The van der Waals surface area contributed by atoms with Crippen LogP contribution in [0, 0.1) is 11.7 Å². The van der Waals surface area contributed by atoms with E-state index in [1.165, 1.54) is 12.1 Å². The third kappa shape index (κ3) is 5.30. The molecule has 0 fully saturated rings. The number of hydrogen-bond acceptors (Lipinski definition) is 3. The molecule has 0 spiro atoms. The predicted molar refractivity (Wildman–Crippen MR) is 89.2 cm³/mol. The second-order valence-electron chi connectivity index (χ2n) is 5.60. The minimum atomic E-state index is -0.766. The highest BCUT2D eigenvalue weighted by molar-refractivity contribution is 6.32. The van der Waals surface area contributed by atoms with Crippen molar-refractivity contribution in [1.29, 1.82) is 0 Å². The average Bonchev–Trinajstić information content (AvgIpc) is 2.41. The van der Waals surface area contributed by atoms with Gasteiger partial charge >= 0.3 is 0 Å². The van der Waals surface area contributed by atoms with Crippen LogP contribution in [0.1, 0.15) is 27.7 Å². The largest absolute Gasteiger partial charge is 0.479 e. The lowest BCUT2D eigenvalue weighted by atomic mass is 9.88. The molecule has 1 rings (SSSR count). The molecule has 126 valence electrons. The van der Waals surface area contributed by atoms with Crippen molar-refractivity contribution >= 4 is 29.9 Å². The van der Waals surface area contributed by atoms with Crippen molar-refractivity contribution in [3.8, 4) is 5.75 Å². The number of benzene rings is 1. The lowest BCUT2D eigenvalue weighted by Crippen LogP contribution is -2.57. The molecular weight excluding hydrogens is 330 g/mol. The van der Waals surface area contributed by atoms with Gasteiger partial charge in [0, 0.05) is 6.54 Å². The van der Waals surface area contributed by atoms with Crippen molar-refractivity contribution in [2.24, 2.45) is 11.7 Å². The van der Waals surface area contributed by atoms with Crippen LogP contribution in [0.4, 0.5) is 4.39 Å². The van der Waals surface area contributed by atoms with Crippen LogP contribution >= 0.6 is 24.0 Å². The first-order valence-corrected chi connectivity index (χ1v) is 7.21. The Morgan fingerprint density at radius 2 is 2.05 bits per heavy atom. The zero-order valence-electron chi connectivity index (χ0n) is 13.2. The monoisotopic (exact) mass is 352 g/mol. The summed E-state index contributed by atoms with van der Waals surface area (Å²) < 4.78 is 18.4. The van der Waals surface area contributed by atoms with Gasteiger partial charge in [-0.3, -0.25) is 4.79 Å². The van der Waals surface area contributed by atoms with E-state index >= 15 is 0 Å². The Bertz CT molecular complexity index is 514. The maximum absolute atomic E-state index is 13.0. The number of nitrogens with two attached hydrogens (primary N) is 1. The molecule has 0 saturated carbocycles. The maximum Gasteiger partial charge on any atom is 0.261 e. The van der Waals surface area contributed by atoms with Gasteiger partial charge in [-0.15, -0.1) is 12.4 Å². The molecule has 2 unspecified atom stereocenters. The Morgan fingerprint density at radius 3 is 2.50 bits per heavy atom. The van der Waals surface area contributed by atoms with E-state index in [1.807, 2.05) is 20.8 Å². The summed E-state index contributed by atoms with van der Waals surface area (Å²) in [5, 5.41) is 3.01. The SMILES string of the molecule is CC(Oc1ccc(F)cc1Cl)C(=O)NC(C)(CN)C(C)C.Cl. The fourth-order valence-corrected chi connectivity index (χ4v) is 1.84. The predicted octanol–water partition coefficient (Wildman–Crippen LogP) is 3.16. The van der Waals surface area contributed by atoms with Gasteiger partial charge in [0.15, 0.2) is 6.10 Å². The van der Waals surface area contributed by atoms with Gasteiger partial charge in [-0.05, 0) is 38.0 Å². The number of nitrogens with one attached hydrogen (secondary N) is 1. The number of rotatable bonds is 6. The number of carbonyl (C=O) groups is 1. The first-order chi connectivity index (χ1) is 9.69. The number of halogens is 3. The van der Waals surface area contributed by atoms with E-state index < -0.39 is 17.5 Å². The standard InChI is InChI=1S/C15H22ClFN2O2.ClH/c1-9(2)15(4,8-18)19-14(20)10(3)21-13-6-5-11(17)7-12(13)16;/h5-7,9-10H,8,18H2,1-4H3,(H,19,20);1H. The molecule has 0 aliphatic heterocycles. The maximum atomic E-state index is 13.0. The topological polar surface area (TPSA) is 64.3 Å². The van der Waals surface area contributed by atoms with Crippen LogP contribution < -0.4 is 15.8 Å². The number of amides is 1. The van der Waals surface area contributed by atoms with Crippen molar-refractivity contribution in [3.63, 3.8) is 0 Å². The number of hydrogen-bond donors (Lipinski definition) is 2. The highest BCUT2D eigenvalue weighted by Gasteiger charge is 2.30. The van der Waals surface area contributed by atoms with Gasteiger partial charge < -0.3 is 15.8 Å². The molecule has 0 aromatic heterocycles. The Balaban J connectivity index is 0.00000441.